The topological polar surface area (TPSA) is 69.4 Å². The molecule has 0 aliphatic carbocycles. The van der Waals surface area contributed by atoms with E-state index in [0.717, 1.165) is 12.1 Å². The summed E-state index contributed by atoms with van der Waals surface area (Å²) in [6.45, 7) is 0.248. The van der Waals surface area contributed by atoms with Gasteiger partial charge in [-0.1, -0.05) is 0 Å². The minimum atomic E-state index is -4.00. The second kappa shape index (κ2) is 5.66. The van der Waals surface area contributed by atoms with E-state index in [1.165, 1.54) is 6.07 Å². The molecule has 0 unspecified atom stereocenters. The number of nitrogens with two attached hydrogens (primary N) is 1. The number of terminal acetylenes is 1. The Balaban J connectivity index is 2.89. The molecule has 0 aliphatic heterocycles. The lowest BCUT2D eigenvalue weighted by Crippen LogP contribution is -2.14. The van der Waals surface area contributed by atoms with Crippen LogP contribution >= 0.6 is 0 Å². The van der Waals surface area contributed by atoms with Crippen molar-refractivity contribution in [3.63, 3.8) is 0 Å². The van der Waals surface area contributed by atoms with Crippen LogP contribution < -0.4 is 9.88 Å². The molecule has 2 N–H and O–H groups in total. The highest BCUT2D eigenvalue weighted by molar-refractivity contribution is 7.89. The van der Waals surface area contributed by atoms with Crippen LogP contribution in [0.1, 0.15) is 12.8 Å². The quantitative estimate of drug-likeness (QED) is 0.638. The Hall–Kier alpha value is -1.58. The average molecular weight is 257 g/mol. The predicted molar refractivity (Wildman–Crippen MR) is 61.3 cm³/mol. The van der Waals surface area contributed by atoms with Crippen molar-refractivity contribution in [1.82, 2.24) is 0 Å². The Morgan fingerprint density at radius 1 is 1.47 bits per heavy atom. The summed E-state index contributed by atoms with van der Waals surface area (Å²) in [5.41, 5.74) is 0. The van der Waals surface area contributed by atoms with Crippen LogP contribution in [0.15, 0.2) is 23.1 Å². The average Bonchev–Trinajstić information content (AvgIpc) is 2.25. The maximum atomic E-state index is 12.9. The van der Waals surface area contributed by atoms with Crippen molar-refractivity contribution < 1.29 is 17.5 Å². The molecule has 1 aromatic rings. The largest absolute Gasteiger partial charge is 0.492 e. The molecule has 0 amide bonds. The van der Waals surface area contributed by atoms with Gasteiger partial charge in [0, 0.05) is 6.42 Å². The van der Waals surface area contributed by atoms with Crippen molar-refractivity contribution in [1.29, 1.82) is 0 Å². The Kier molecular flexibility index (Phi) is 4.49. The third-order valence-electron chi connectivity index (χ3n) is 1.94. The first kappa shape index (κ1) is 13.5. The number of hydrogen-bond donors (Lipinski definition) is 1. The molecule has 1 rings (SSSR count). The maximum absolute atomic E-state index is 12.9. The normalized spacial score (nSPS) is 10.9. The zero-order chi connectivity index (χ0) is 12.9. The molecule has 0 aliphatic rings. The maximum Gasteiger partial charge on any atom is 0.241 e. The molecular formula is C11H12FNO3S. The number of ether oxygens (including phenoxy) is 1. The molecular weight excluding hydrogens is 245 g/mol. The predicted octanol–water partition coefficient (Wildman–Crippen LogP) is 1.27. The highest BCUT2D eigenvalue weighted by Gasteiger charge is 2.16. The van der Waals surface area contributed by atoms with Crippen LogP contribution in [0.25, 0.3) is 0 Å². The van der Waals surface area contributed by atoms with E-state index in [1.807, 2.05) is 0 Å². The van der Waals surface area contributed by atoms with Crippen LogP contribution in [0.3, 0.4) is 0 Å². The Bertz CT molecular complexity index is 534. The summed E-state index contributed by atoms with van der Waals surface area (Å²) in [5.74, 6) is 1.77. The van der Waals surface area contributed by atoms with Crippen LogP contribution in [0, 0.1) is 18.2 Å². The number of sulfonamides is 1. The highest BCUT2D eigenvalue weighted by Crippen LogP contribution is 2.23. The van der Waals surface area contributed by atoms with Crippen molar-refractivity contribution in [3.8, 4) is 18.1 Å². The number of unbranched alkanes of at least 4 members (excludes halogenated alkanes) is 1. The third-order valence-corrected chi connectivity index (χ3v) is 2.87. The molecule has 0 radical (unpaired) electrons. The molecule has 17 heavy (non-hydrogen) atoms. The molecule has 0 fully saturated rings. The number of benzene rings is 1. The van der Waals surface area contributed by atoms with Crippen molar-refractivity contribution in [3.05, 3.63) is 24.0 Å². The summed E-state index contributed by atoms with van der Waals surface area (Å²) in [7, 11) is -4.00. The fraction of sp³-hybridized carbons (Fsp3) is 0.273. The van der Waals surface area contributed by atoms with Crippen LogP contribution in [0.4, 0.5) is 4.39 Å². The summed E-state index contributed by atoms with van der Waals surface area (Å²) in [6.07, 6.45) is 6.16. The fourth-order valence-corrected chi connectivity index (χ4v) is 1.86. The molecule has 92 valence electrons. The third kappa shape index (κ3) is 4.06. The zero-order valence-electron chi connectivity index (χ0n) is 9.02. The summed E-state index contributed by atoms with van der Waals surface area (Å²) in [6, 6.07) is 3.15. The fourth-order valence-electron chi connectivity index (χ4n) is 1.18. The summed E-state index contributed by atoms with van der Waals surface area (Å²) >= 11 is 0. The van der Waals surface area contributed by atoms with Crippen LogP contribution in [-0.2, 0) is 10.0 Å². The van der Waals surface area contributed by atoms with E-state index in [9.17, 15) is 12.8 Å². The minimum Gasteiger partial charge on any atom is -0.492 e. The molecule has 0 atom stereocenters. The van der Waals surface area contributed by atoms with E-state index < -0.39 is 15.8 Å². The van der Waals surface area contributed by atoms with Gasteiger partial charge < -0.3 is 4.74 Å². The van der Waals surface area contributed by atoms with Gasteiger partial charge in [-0.3, -0.25) is 0 Å². The molecule has 0 bridgehead atoms. The standard InChI is InChI=1S/C11H12FNO3S/c1-2-3-4-7-16-10-6-5-9(12)8-11(10)17(13,14)15/h1,5-6,8H,3-4,7H2,(H2,13,14,15). The Morgan fingerprint density at radius 2 is 2.18 bits per heavy atom. The highest BCUT2D eigenvalue weighted by atomic mass is 32.2. The van der Waals surface area contributed by atoms with E-state index in [2.05, 4.69) is 5.92 Å². The van der Waals surface area contributed by atoms with Gasteiger partial charge in [0.1, 0.15) is 16.5 Å². The molecule has 0 saturated carbocycles. The van der Waals surface area contributed by atoms with E-state index in [1.54, 1.807) is 0 Å². The first-order valence-electron chi connectivity index (χ1n) is 4.84. The van der Waals surface area contributed by atoms with Gasteiger partial charge in [0.2, 0.25) is 10.0 Å². The van der Waals surface area contributed by atoms with Crippen LogP contribution in [-0.4, -0.2) is 15.0 Å². The molecule has 0 saturated heterocycles. The summed E-state index contributed by atoms with van der Waals surface area (Å²) < 4.78 is 40.5. The summed E-state index contributed by atoms with van der Waals surface area (Å²) in [4.78, 5) is -0.363. The van der Waals surface area contributed by atoms with Gasteiger partial charge in [-0.25, -0.2) is 17.9 Å². The van der Waals surface area contributed by atoms with Crippen molar-refractivity contribution in [2.75, 3.05) is 6.61 Å². The van der Waals surface area contributed by atoms with Crippen molar-refractivity contribution in [2.24, 2.45) is 5.14 Å². The van der Waals surface area contributed by atoms with Gasteiger partial charge in [-0.2, -0.15) is 0 Å². The van der Waals surface area contributed by atoms with Crippen LogP contribution in [0.5, 0.6) is 5.75 Å². The molecule has 4 nitrogen and oxygen atoms in total. The molecule has 1 aromatic carbocycles. The van der Waals surface area contributed by atoms with Gasteiger partial charge in [-0.15, -0.1) is 12.3 Å². The van der Waals surface area contributed by atoms with Gasteiger partial charge in [-0.05, 0) is 24.6 Å². The van der Waals surface area contributed by atoms with E-state index >= 15 is 0 Å². The van der Waals surface area contributed by atoms with E-state index in [0.29, 0.717) is 12.8 Å². The number of primary sulfonamides is 1. The molecule has 6 heteroatoms. The first-order chi connectivity index (χ1) is 7.95. The minimum absolute atomic E-state index is 0.0333. The van der Waals surface area contributed by atoms with Gasteiger partial charge in [0.25, 0.3) is 0 Å². The van der Waals surface area contributed by atoms with E-state index in [-0.39, 0.29) is 17.3 Å². The SMILES string of the molecule is C#CCCCOc1ccc(F)cc1S(N)(=O)=O. The van der Waals surface area contributed by atoms with E-state index in [4.69, 9.17) is 16.3 Å². The number of halogens is 1. The molecule has 0 spiro atoms. The van der Waals surface area contributed by atoms with Gasteiger partial charge in [0.05, 0.1) is 6.61 Å². The Labute approximate surface area is 99.6 Å². The van der Waals surface area contributed by atoms with Crippen molar-refractivity contribution >= 4 is 10.0 Å². The monoisotopic (exact) mass is 257 g/mol. The first-order valence-corrected chi connectivity index (χ1v) is 6.38. The second-order valence-corrected chi connectivity index (χ2v) is 4.82. The molecule has 0 heterocycles. The zero-order valence-corrected chi connectivity index (χ0v) is 9.84. The number of hydrogen-bond acceptors (Lipinski definition) is 3. The smallest absolute Gasteiger partial charge is 0.241 e. The lowest BCUT2D eigenvalue weighted by atomic mass is 10.3. The van der Waals surface area contributed by atoms with Crippen molar-refractivity contribution in [2.45, 2.75) is 17.7 Å². The summed E-state index contributed by atoms with van der Waals surface area (Å²) in [5, 5.41) is 4.95. The Morgan fingerprint density at radius 3 is 2.76 bits per heavy atom. The second-order valence-electron chi connectivity index (χ2n) is 3.29. The lowest BCUT2D eigenvalue weighted by molar-refractivity contribution is 0.304. The van der Waals surface area contributed by atoms with Gasteiger partial charge >= 0.3 is 0 Å². The van der Waals surface area contributed by atoms with Crippen LogP contribution in [0.2, 0.25) is 0 Å². The molecule has 0 aromatic heterocycles. The van der Waals surface area contributed by atoms with Gasteiger partial charge in [0.15, 0.2) is 0 Å². The lowest BCUT2D eigenvalue weighted by Gasteiger charge is -2.09. The number of rotatable bonds is 5.